The zero-order valence-electron chi connectivity index (χ0n) is 26.0. The fourth-order valence-electron chi connectivity index (χ4n) is 5.95. The molecule has 0 aliphatic carbocycles. The van der Waals surface area contributed by atoms with E-state index in [2.05, 4.69) is 25.2 Å². The minimum absolute atomic E-state index is 0.0126. The monoisotopic (exact) mass is 708 g/mol. The summed E-state index contributed by atoms with van der Waals surface area (Å²) in [6.07, 6.45) is 0.636. The van der Waals surface area contributed by atoms with Gasteiger partial charge in [-0.2, -0.15) is 4.98 Å². The molecule has 2 amide bonds. The molecular formula is C31H32Cl3FN6O4S. The number of hydrogen-bond donors (Lipinski definition) is 1. The highest BCUT2D eigenvalue weighted by Crippen LogP contribution is 2.46. The van der Waals surface area contributed by atoms with Crippen LogP contribution in [0.5, 0.6) is 0 Å². The third-order valence-corrected chi connectivity index (χ3v) is 9.41. The number of carbonyl (C=O) groups excluding carboxylic acids is 2. The molecule has 1 N–H and O–H groups in total. The van der Waals surface area contributed by atoms with Crippen LogP contribution in [-0.2, 0) is 9.47 Å². The molecule has 2 fully saturated rings. The van der Waals surface area contributed by atoms with Crippen molar-refractivity contribution in [3.8, 4) is 11.1 Å². The second-order valence-electron chi connectivity index (χ2n) is 13.4. The Hall–Kier alpha value is -3.19. The highest BCUT2D eigenvalue weighted by molar-refractivity contribution is 7.22. The lowest BCUT2D eigenvalue weighted by atomic mass is 10.0. The van der Waals surface area contributed by atoms with E-state index in [4.69, 9.17) is 44.3 Å². The molecule has 0 saturated carbocycles. The standard InChI is InChI=1S/C31H32Cl3FN6O4S/c1-30(2,3)44-28(42)39-27-37-23-16(9-10-19(35)24(23)46-27)20-18(32)11-17-22(21(20)33)36-26(34)38-25(17)40-12-14-7-8-15(13-40)41(14)29(43)45-31(4,5)6/h9-11,14-15H,7-8,12-13H2,1-6H3,(H,37,39,42). The van der Waals surface area contributed by atoms with Crippen LogP contribution < -0.4 is 10.2 Å². The molecule has 244 valence electrons. The van der Waals surface area contributed by atoms with Crippen molar-refractivity contribution >= 4 is 90.4 Å². The summed E-state index contributed by atoms with van der Waals surface area (Å²) in [4.78, 5) is 42.8. The maximum atomic E-state index is 15.0. The zero-order chi connectivity index (χ0) is 33.3. The number of piperazine rings is 1. The lowest BCUT2D eigenvalue weighted by Gasteiger charge is -2.42. The zero-order valence-corrected chi connectivity index (χ0v) is 29.1. The van der Waals surface area contributed by atoms with Crippen molar-refractivity contribution in [1.82, 2.24) is 19.9 Å². The molecule has 4 aromatic rings. The summed E-state index contributed by atoms with van der Waals surface area (Å²) in [5, 5.41) is 3.74. The first-order chi connectivity index (χ1) is 21.5. The van der Waals surface area contributed by atoms with E-state index in [1.54, 1.807) is 26.8 Å². The molecule has 0 radical (unpaired) electrons. The molecule has 2 aliphatic rings. The maximum absolute atomic E-state index is 15.0. The number of hydrogen-bond acceptors (Lipinski definition) is 9. The first-order valence-corrected chi connectivity index (χ1v) is 16.6. The van der Waals surface area contributed by atoms with Gasteiger partial charge in [-0.15, -0.1) is 0 Å². The molecular weight excluding hydrogens is 678 g/mol. The molecule has 2 aromatic carbocycles. The van der Waals surface area contributed by atoms with E-state index < -0.39 is 23.1 Å². The Bertz CT molecular complexity index is 1880. The van der Waals surface area contributed by atoms with Gasteiger partial charge in [-0.1, -0.05) is 34.5 Å². The van der Waals surface area contributed by atoms with E-state index >= 15 is 0 Å². The van der Waals surface area contributed by atoms with Gasteiger partial charge in [0, 0.05) is 29.6 Å². The minimum atomic E-state index is -0.726. The van der Waals surface area contributed by atoms with Crippen LogP contribution in [0, 0.1) is 5.82 Å². The van der Waals surface area contributed by atoms with Crippen LogP contribution in [0.4, 0.5) is 24.9 Å². The molecule has 2 aliphatic heterocycles. The molecule has 2 bridgehead atoms. The lowest BCUT2D eigenvalue weighted by molar-refractivity contribution is 0.0122. The second-order valence-corrected chi connectivity index (χ2v) is 15.5. The van der Waals surface area contributed by atoms with Gasteiger partial charge in [0.05, 0.1) is 37.9 Å². The van der Waals surface area contributed by atoms with E-state index in [0.717, 1.165) is 24.2 Å². The predicted molar refractivity (Wildman–Crippen MR) is 180 cm³/mol. The fourth-order valence-corrected chi connectivity index (χ4v) is 7.70. The maximum Gasteiger partial charge on any atom is 0.413 e. The number of fused-ring (bicyclic) bond motifs is 4. The molecule has 4 heterocycles. The van der Waals surface area contributed by atoms with Gasteiger partial charge in [-0.05, 0) is 84.2 Å². The van der Waals surface area contributed by atoms with E-state index in [9.17, 15) is 14.0 Å². The van der Waals surface area contributed by atoms with Crippen LogP contribution in [0.1, 0.15) is 54.4 Å². The smallest absolute Gasteiger partial charge is 0.413 e. The van der Waals surface area contributed by atoms with Gasteiger partial charge in [0.2, 0.25) is 5.28 Å². The molecule has 46 heavy (non-hydrogen) atoms. The molecule has 0 spiro atoms. The van der Waals surface area contributed by atoms with Gasteiger partial charge in [-0.25, -0.2) is 23.9 Å². The quantitative estimate of drug-likeness (QED) is 0.210. The van der Waals surface area contributed by atoms with Gasteiger partial charge in [0.15, 0.2) is 5.13 Å². The van der Waals surface area contributed by atoms with Crippen molar-refractivity contribution in [2.24, 2.45) is 0 Å². The summed E-state index contributed by atoms with van der Waals surface area (Å²) >= 11 is 21.4. The molecule has 2 saturated heterocycles. The van der Waals surface area contributed by atoms with Crippen molar-refractivity contribution in [2.45, 2.75) is 77.7 Å². The Labute approximate surface area is 284 Å². The lowest BCUT2D eigenvalue weighted by Crippen LogP contribution is -2.57. The average molecular weight is 710 g/mol. The second kappa shape index (κ2) is 11.8. The summed E-state index contributed by atoms with van der Waals surface area (Å²) in [5.41, 5.74) is 0.121. The van der Waals surface area contributed by atoms with Gasteiger partial charge < -0.3 is 14.4 Å². The summed E-state index contributed by atoms with van der Waals surface area (Å²) in [6, 6.07) is 4.41. The van der Waals surface area contributed by atoms with Crippen molar-refractivity contribution in [3.63, 3.8) is 0 Å². The molecule has 2 aromatic heterocycles. The topological polar surface area (TPSA) is 110 Å². The Balaban J connectivity index is 1.38. The van der Waals surface area contributed by atoms with Gasteiger partial charge in [0.25, 0.3) is 0 Å². The summed E-state index contributed by atoms with van der Waals surface area (Å²) in [7, 11) is 0. The normalized spacial score (nSPS) is 18.4. The minimum Gasteiger partial charge on any atom is -0.444 e. The number of nitrogens with one attached hydrogen (secondary N) is 1. The number of aromatic nitrogens is 3. The number of halogens is 4. The molecule has 15 heteroatoms. The third-order valence-electron chi connectivity index (χ3n) is 7.59. The van der Waals surface area contributed by atoms with Gasteiger partial charge in [-0.3, -0.25) is 10.2 Å². The van der Waals surface area contributed by atoms with E-state index in [1.165, 1.54) is 12.1 Å². The van der Waals surface area contributed by atoms with Crippen LogP contribution in [0.25, 0.3) is 32.2 Å². The average Bonchev–Trinajstić information content (AvgIpc) is 3.46. The number of ether oxygens (including phenoxy) is 2. The van der Waals surface area contributed by atoms with Crippen molar-refractivity contribution in [1.29, 1.82) is 0 Å². The van der Waals surface area contributed by atoms with Crippen molar-refractivity contribution in [3.05, 3.63) is 39.3 Å². The Kier molecular flexibility index (Phi) is 8.40. The van der Waals surface area contributed by atoms with Crippen LogP contribution in [-0.4, -0.2) is 68.4 Å². The SMILES string of the molecule is CC(C)(C)OC(=O)Nc1nc2c(-c3c(Cl)cc4c(N5CC6CCC(C5)N6C(=O)OC(C)(C)C)nc(Cl)nc4c3Cl)ccc(F)c2s1. The number of anilines is 2. The number of carbonyl (C=O) groups is 2. The Morgan fingerprint density at radius 3 is 2.24 bits per heavy atom. The number of rotatable bonds is 3. The number of nitrogens with zero attached hydrogens (tertiary/aromatic N) is 5. The third kappa shape index (κ3) is 6.36. The Morgan fingerprint density at radius 1 is 0.957 bits per heavy atom. The highest BCUT2D eigenvalue weighted by Gasteiger charge is 2.45. The van der Waals surface area contributed by atoms with Gasteiger partial charge >= 0.3 is 12.2 Å². The first kappa shape index (κ1) is 32.7. The fraction of sp³-hybridized carbons (Fsp3) is 0.452. The summed E-state index contributed by atoms with van der Waals surface area (Å²) in [6.45, 7) is 11.8. The summed E-state index contributed by atoms with van der Waals surface area (Å²) in [5.74, 6) is 0.0298. The first-order valence-electron chi connectivity index (χ1n) is 14.7. The molecule has 2 atom stereocenters. The number of amides is 2. The van der Waals surface area contributed by atoms with E-state index in [0.29, 0.717) is 40.9 Å². The predicted octanol–water partition coefficient (Wildman–Crippen LogP) is 8.94. The van der Waals surface area contributed by atoms with Crippen molar-refractivity contribution in [2.75, 3.05) is 23.3 Å². The van der Waals surface area contributed by atoms with Crippen LogP contribution in [0.3, 0.4) is 0 Å². The highest BCUT2D eigenvalue weighted by atomic mass is 35.5. The Morgan fingerprint density at radius 2 is 1.61 bits per heavy atom. The van der Waals surface area contributed by atoms with Gasteiger partial charge in [0.1, 0.15) is 22.8 Å². The van der Waals surface area contributed by atoms with E-state index in [-0.39, 0.29) is 48.9 Å². The number of thiazole rings is 1. The summed E-state index contributed by atoms with van der Waals surface area (Å²) < 4.78 is 26.2. The van der Waals surface area contributed by atoms with Crippen LogP contribution >= 0.6 is 46.1 Å². The van der Waals surface area contributed by atoms with E-state index in [1.807, 2.05) is 25.7 Å². The largest absolute Gasteiger partial charge is 0.444 e. The molecule has 10 nitrogen and oxygen atoms in total. The van der Waals surface area contributed by atoms with Crippen LogP contribution in [0.2, 0.25) is 15.3 Å². The van der Waals surface area contributed by atoms with Crippen LogP contribution in [0.15, 0.2) is 18.2 Å². The van der Waals surface area contributed by atoms with Crippen molar-refractivity contribution < 1.29 is 23.5 Å². The molecule has 2 unspecified atom stereocenters. The molecule has 6 rings (SSSR count). The number of benzene rings is 2.